The molecule has 2 unspecified atom stereocenters. The second-order valence-corrected chi connectivity index (χ2v) is 7.74. The van der Waals surface area contributed by atoms with Gasteiger partial charge in [-0.1, -0.05) is 36.4 Å². The van der Waals surface area contributed by atoms with E-state index in [4.69, 9.17) is 4.74 Å². The van der Waals surface area contributed by atoms with Crippen molar-refractivity contribution in [2.75, 3.05) is 13.1 Å². The second kappa shape index (κ2) is 8.73. The Balaban J connectivity index is 1.71. The van der Waals surface area contributed by atoms with Crippen molar-refractivity contribution >= 4 is 23.3 Å². The molecule has 0 spiro atoms. The van der Waals surface area contributed by atoms with Crippen molar-refractivity contribution in [3.8, 4) is 6.07 Å². The average Bonchev–Trinajstić information content (AvgIpc) is 3.12. The molecule has 7 nitrogen and oxygen atoms in total. The minimum absolute atomic E-state index is 0.117. The highest BCUT2D eigenvalue weighted by molar-refractivity contribution is 6.20. The lowest BCUT2D eigenvalue weighted by Gasteiger charge is -2.35. The van der Waals surface area contributed by atoms with Crippen LogP contribution in [0.2, 0.25) is 0 Å². The molecule has 162 valence electrons. The molecule has 2 atom stereocenters. The highest BCUT2D eigenvalue weighted by Crippen LogP contribution is 2.31. The van der Waals surface area contributed by atoms with Crippen molar-refractivity contribution < 1.29 is 18.7 Å². The van der Waals surface area contributed by atoms with E-state index in [1.54, 1.807) is 35.2 Å². The number of ether oxygens (including phenoxy) is 1. The normalized spacial score (nSPS) is 21.3. The Kier molecular flexibility index (Phi) is 5.84. The van der Waals surface area contributed by atoms with Crippen LogP contribution in [-0.4, -0.2) is 47.8 Å². The number of nitriles is 1. The van der Waals surface area contributed by atoms with E-state index in [1.165, 1.54) is 18.2 Å². The maximum absolute atomic E-state index is 14.0. The van der Waals surface area contributed by atoms with Gasteiger partial charge in [0.2, 0.25) is 0 Å². The number of carbonyl (C=O) groups excluding carboxylic acids is 2. The largest absolute Gasteiger partial charge is 0.372 e. The molecule has 2 aliphatic rings. The van der Waals surface area contributed by atoms with Crippen LogP contribution in [0.3, 0.4) is 0 Å². The first-order valence-electron chi connectivity index (χ1n) is 10.2. The highest BCUT2D eigenvalue weighted by Gasteiger charge is 2.32. The summed E-state index contributed by atoms with van der Waals surface area (Å²) >= 11 is 0. The zero-order chi connectivity index (χ0) is 22.8. The van der Waals surface area contributed by atoms with Crippen LogP contribution in [-0.2, 0) is 9.53 Å². The number of hydrogen-bond acceptors (Lipinski definition) is 5. The number of fused-ring (bicyclic) bond motifs is 1. The van der Waals surface area contributed by atoms with E-state index in [2.05, 4.69) is 10.3 Å². The SMILES string of the molecule is CC1CN(C(=O)C(C#N)=C2N=C(NC(=O)c3ccccc3F)c3ccccc32)CC(C)O1. The van der Waals surface area contributed by atoms with Gasteiger partial charge in [-0.3, -0.25) is 9.59 Å². The van der Waals surface area contributed by atoms with Crippen molar-refractivity contribution in [2.24, 2.45) is 4.99 Å². The fraction of sp³-hybridized carbons (Fsp3) is 0.250. The third-order valence-electron chi connectivity index (χ3n) is 5.28. The van der Waals surface area contributed by atoms with Crippen LogP contribution in [0.5, 0.6) is 0 Å². The van der Waals surface area contributed by atoms with Crippen LogP contribution in [0.25, 0.3) is 5.70 Å². The first-order valence-corrected chi connectivity index (χ1v) is 10.2. The van der Waals surface area contributed by atoms with E-state index >= 15 is 0 Å². The Bertz CT molecular complexity index is 1190. The van der Waals surface area contributed by atoms with Gasteiger partial charge in [0, 0.05) is 24.2 Å². The van der Waals surface area contributed by atoms with Crippen molar-refractivity contribution in [2.45, 2.75) is 26.1 Å². The van der Waals surface area contributed by atoms with E-state index in [1.807, 2.05) is 19.9 Å². The summed E-state index contributed by atoms with van der Waals surface area (Å²) in [4.78, 5) is 31.8. The summed E-state index contributed by atoms with van der Waals surface area (Å²) in [6, 6.07) is 14.6. The van der Waals surface area contributed by atoms with Gasteiger partial charge in [0.05, 0.1) is 23.5 Å². The maximum Gasteiger partial charge on any atom is 0.266 e. The first-order chi connectivity index (χ1) is 15.4. The maximum atomic E-state index is 14.0. The van der Waals surface area contributed by atoms with Crippen molar-refractivity contribution in [3.63, 3.8) is 0 Å². The minimum atomic E-state index is -0.668. The van der Waals surface area contributed by atoms with Gasteiger partial charge in [-0.05, 0) is 26.0 Å². The van der Waals surface area contributed by atoms with Gasteiger partial charge in [0.1, 0.15) is 23.3 Å². The van der Waals surface area contributed by atoms with Crippen LogP contribution >= 0.6 is 0 Å². The van der Waals surface area contributed by atoms with E-state index < -0.39 is 17.6 Å². The number of nitrogens with one attached hydrogen (secondary N) is 1. The quantitative estimate of drug-likeness (QED) is 0.583. The lowest BCUT2D eigenvalue weighted by Crippen LogP contribution is -2.48. The summed E-state index contributed by atoms with van der Waals surface area (Å²) in [6.07, 6.45) is -0.301. The molecule has 2 heterocycles. The van der Waals surface area contributed by atoms with Crippen molar-refractivity contribution in [3.05, 3.63) is 76.6 Å². The average molecular weight is 432 g/mol. The molecule has 32 heavy (non-hydrogen) atoms. The lowest BCUT2D eigenvalue weighted by molar-refractivity contribution is -0.138. The Labute approximate surface area is 184 Å². The molecule has 0 saturated carbocycles. The highest BCUT2D eigenvalue weighted by atomic mass is 19.1. The van der Waals surface area contributed by atoms with Gasteiger partial charge in [-0.25, -0.2) is 9.38 Å². The lowest BCUT2D eigenvalue weighted by atomic mass is 10.0. The molecule has 0 radical (unpaired) electrons. The van der Waals surface area contributed by atoms with Gasteiger partial charge in [0.25, 0.3) is 11.8 Å². The number of aliphatic imine (C=N–C) groups is 1. The van der Waals surface area contributed by atoms with Gasteiger partial charge in [0.15, 0.2) is 0 Å². The van der Waals surface area contributed by atoms with Crippen LogP contribution in [0.4, 0.5) is 4.39 Å². The summed E-state index contributed by atoms with van der Waals surface area (Å²) in [5.74, 6) is -1.60. The smallest absolute Gasteiger partial charge is 0.266 e. The molecule has 0 aliphatic carbocycles. The molecule has 1 N–H and O–H groups in total. The fourth-order valence-corrected chi connectivity index (χ4v) is 3.94. The number of carbonyl (C=O) groups is 2. The van der Waals surface area contributed by atoms with Gasteiger partial charge in [-0.2, -0.15) is 5.26 Å². The van der Waals surface area contributed by atoms with Crippen molar-refractivity contribution in [1.29, 1.82) is 5.26 Å². The zero-order valence-electron chi connectivity index (χ0n) is 17.6. The molecular weight excluding hydrogens is 411 g/mol. The molecular formula is C24H21FN4O3. The number of rotatable bonds is 2. The van der Waals surface area contributed by atoms with Crippen LogP contribution in [0, 0.1) is 17.1 Å². The molecule has 4 rings (SSSR count). The Hall–Kier alpha value is -3.83. The Morgan fingerprint density at radius 2 is 1.72 bits per heavy atom. The van der Waals surface area contributed by atoms with Gasteiger partial charge >= 0.3 is 0 Å². The number of benzene rings is 2. The van der Waals surface area contributed by atoms with Crippen LogP contribution in [0.1, 0.15) is 35.3 Å². The summed E-state index contributed by atoms with van der Waals surface area (Å²) in [5, 5.41) is 12.5. The summed E-state index contributed by atoms with van der Waals surface area (Å²) in [7, 11) is 0. The Morgan fingerprint density at radius 3 is 2.38 bits per heavy atom. The number of amides is 2. The fourth-order valence-electron chi connectivity index (χ4n) is 3.94. The topological polar surface area (TPSA) is 94.8 Å². The molecule has 2 aromatic rings. The van der Waals surface area contributed by atoms with Gasteiger partial charge < -0.3 is 15.0 Å². The number of halogens is 1. The van der Waals surface area contributed by atoms with Crippen molar-refractivity contribution in [1.82, 2.24) is 10.2 Å². The second-order valence-electron chi connectivity index (χ2n) is 7.74. The minimum Gasteiger partial charge on any atom is -0.372 e. The molecule has 2 amide bonds. The number of amidine groups is 1. The van der Waals surface area contributed by atoms with E-state index in [9.17, 15) is 19.2 Å². The van der Waals surface area contributed by atoms with E-state index in [0.29, 0.717) is 24.2 Å². The van der Waals surface area contributed by atoms with E-state index in [-0.39, 0.29) is 34.9 Å². The molecule has 0 aromatic heterocycles. The molecule has 1 fully saturated rings. The number of morpholine rings is 1. The first kappa shape index (κ1) is 21.4. The number of hydrogen-bond donors (Lipinski definition) is 1. The van der Waals surface area contributed by atoms with Crippen LogP contribution in [0.15, 0.2) is 59.1 Å². The molecule has 0 bridgehead atoms. The third-order valence-corrected chi connectivity index (χ3v) is 5.28. The third kappa shape index (κ3) is 4.03. The predicted octanol–water partition coefficient (Wildman–Crippen LogP) is 2.89. The molecule has 1 saturated heterocycles. The molecule has 8 heteroatoms. The summed E-state index contributed by atoms with van der Waals surface area (Å²) in [5.41, 5.74) is 1.04. The molecule has 2 aromatic carbocycles. The standard InChI is InChI=1S/C24H21FN4O3/c1-14-12-29(13-15(2)32-14)24(31)19(11-26)21-16-7-3-4-8-17(16)22(27-21)28-23(30)18-9-5-6-10-20(18)25/h3-10,14-15H,12-13H2,1-2H3,(H,27,28,30). The number of nitrogens with zero attached hydrogens (tertiary/aromatic N) is 3. The van der Waals surface area contributed by atoms with E-state index in [0.717, 1.165) is 0 Å². The monoisotopic (exact) mass is 432 g/mol. The van der Waals surface area contributed by atoms with Gasteiger partial charge in [-0.15, -0.1) is 0 Å². The summed E-state index contributed by atoms with van der Waals surface area (Å²) < 4.78 is 19.7. The van der Waals surface area contributed by atoms with Crippen LogP contribution < -0.4 is 5.32 Å². The summed E-state index contributed by atoms with van der Waals surface area (Å²) in [6.45, 7) is 4.47. The Morgan fingerprint density at radius 1 is 1.09 bits per heavy atom. The predicted molar refractivity (Wildman–Crippen MR) is 116 cm³/mol. The molecule has 2 aliphatic heterocycles. The zero-order valence-corrected chi connectivity index (χ0v) is 17.6.